The van der Waals surface area contributed by atoms with Gasteiger partial charge in [0.15, 0.2) is 0 Å². The zero-order valence-corrected chi connectivity index (χ0v) is 15.7. The first-order valence-electron chi connectivity index (χ1n) is 8.41. The van der Waals surface area contributed by atoms with Gasteiger partial charge in [-0.3, -0.25) is 9.36 Å². The van der Waals surface area contributed by atoms with E-state index < -0.39 is 22.8 Å². The number of aromatic carboxylic acids is 1. The van der Waals surface area contributed by atoms with Crippen molar-refractivity contribution >= 4 is 35.0 Å². The van der Waals surface area contributed by atoms with Gasteiger partial charge in [-0.1, -0.05) is 5.16 Å². The molecular weight excluding hydrogens is 391 g/mol. The summed E-state index contributed by atoms with van der Waals surface area (Å²) in [6.07, 6.45) is 1.91. The van der Waals surface area contributed by atoms with Crippen molar-refractivity contribution in [2.45, 2.75) is 19.4 Å². The molecule has 0 radical (unpaired) electrons. The Balaban J connectivity index is 0.00000225. The molecule has 0 saturated carbocycles. The number of aromatic nitrogens is 2. The standard InChI is InChI=1S/C18H17FN4O4.ClH/c1-9-4-16(27-21-9)23-8-12(18(25)26)17(24)11-5-13(19)15(6-14(11)23)22-3-2-10(20)7-22;/h4-6,8,10H,2-3,7,20H2,1H3,(H,25,26);1H. The number of halogens is 2. The normalized spacial score (nSPS) is 16.4. The molecule has 1 aliphatic heterocycles. The predicted molar refractivity (Wildman–Crippen MR) is 103 cm³/mol. The summed E-state index contributed by atoms with van der Waals surface area (Å²) in [4.78, 5) is 25.8. The average Bonchev–Trinajstić information content (AvgIpc) is 3.23. The molecule has 0 spiro atoms. The third-order valence-electron chi connectivity index (χ3n) is 4.72. The number of rotatable bonds is 3. The van der Waals surface area contributed by atoms with Crippen molar-refractivity contribution < 1.29 is 18.8 Å². The van der Waals surface area contributed by atoms with Gasteiger partial charge >= 0.3 is 5.97 Å². The fraction of sp³-hybridized carbons (Fsp3) is 0.278. The van der Waals surface area contributed by atoms with Gasteiger partial charge in [0.1, 0.15) is 11.4 Å². The van der Waals surface area contributed by atoms with Crippen LogP contribution in [0.25, 0.3) is 16.8 Å². The van der Waals surface area contributed by atoms with Crippen LogP contribution in [-0.4, -0.2) is 39.9 Å². The third kappa shape index (κ3) is 3.23. The number of carbonyl (C=O) groups is 1. The molecule has 3 N–H and O–H groups in total. The Morgan fingerprint density at radius 1 is 1.39 bits per heavy atom. The molecular formula is C18H18ClFN4O4. The second-order valence-electron chi connectivity index (χ2n) is 6.67. The highest BCUT2D eigenvalue weighted by atomic mass is 35.5. The number of nitrogens with two attached hydrogens (primary N) is 1. The van der Waals surface area contributed by atoms with Crippen molar-refractivity contribution in [1.29, 1.82) is 0 Å². The number of hydrogen-bond donors (Lipinski definition) is 2. The first-order chi connectivity index (χ1) is 12.8. The van der Waals surface area contributed by atoms with Crippen LogP contribution in [0.4, 0.5) is 10.1 Å². The SMILES string of the molecule is Cc1cc(-n2cc(C(=O)O)c(=O)c3cc(F)c(N4CCC(N)C4)cc32)on1.Cl. The van der Waals surface area contributed by atoms with E-state index in [0.717, 1.165) is 12.5 Å². The molecule has 1 atom stereocenters. The zero-order chi connectivity index (χ0) is 19.3. The van der Waals surface area contributed by atoms with Gasteiger partial charge in [-0.2, -0.15) is 0 Å². The fourth-order valence-corrected chi connectivity index (χ4v) is 3.38. The van der Waals surface area contributed by atoms with Crippen molar-refractivity contribution in [3.8, 4) is 5.88 Å². The fourth-order valence-electron chi connectivity index (χ4n) is 3.38. The number of nitrogens with zero attached hydrogens (tertiary/aromatic N) is 3. The minimum absolute atomic E-state index is 0. The molecule has 10 heteroatoms. The minimum atomic E-state index is -1.40. The van der Waals surface area contributed by atoms with Crippen LogP contribution in [-0.2, 0) is 0 Å². The molecule has 1 fully saturated rings. The van der Waals surface area contributed by atoms with Gasteiger partial charge in [-0.15, -0.1) is 12.4 Å². The third-order valence-corrected chi connectivity index (χ3v) is 4.72. The highest BCUT2D eigenvalue weighted by Crippen LogP contribution is 2.29. The maximum Gasteiger partial charge on any atom is 0.341 e. The zero-order valence-electron chi connectivity index (χ0n) is 14.9. The molecule has 2 aromatic heterocycles. The summed E-state index contributed by atoms with van der Waals surface area (Å²) in [6, 6.07) is 4.15. The van der Waals surface area contributed by atoms with Gasteiger partial charge in [0, 0.05) is 31.4 Å². The molecule has 28 heavy (non-hydrogen) atoms. The summed E-state index contributed by atoms with van der Waals surface area (Å²) in [7, 11) is 0. The van der Waals surface area contributed by atoms with Crippen molar-refractivity contribution in [3.05, 3.63) is 51.7 Å². The molecule has 1 saturated heterocycles. The van der Waals surface area contributed by atoms with Crippen LogP contribution >= 0.6 is 12.4 Å². The molecule has 0 aliphatic carbocycles. The first-order valence-corrected chi connectivity index (χ1v) is 8.41. The molecule has 148 valence electrons. The Morgan fingerprint density at radius 3 is 2.71 bits per heavy atom. The van der Waals surface area contributed by atoms with Crippen molar-refractivity contribution in [2.75, 3.05) is 18.0 Å². The minimum Gasteiger partial charge on any atom is -0.477 e. The van der Waals surface area contributed by atoms with Crippen LogP contribution in [0.3, 0.4) is 0 Å². The van der Waals surface area contributed by atoms with E-state index in [2.05, 4.69) is 5.16 Å². The van der Waals surface area contributed by atoms with E-state index in [0.29, 0.717) is 30.0 Å². The lowest BCUT2D eigenvalue weighted by atomic mass is 10.1. The molecule has 3 aromatic rings. The highest BCUT2D eigenvalue weighted by molar-refractivity contribution is 5.94. The van der Waals surface area contributed by atoms with E-state index in [1.54, 1.807) is 13.0 Å². The van der Waals surface area contributed by atoms with Crippen LogP contribution in [0.2, 0.25) is 0 Å². The Hall–Kier alpha value is -2.91. The molecule has 3 heterocycles. The Bertz CT molecular complexity index is 1130. The van der Waals surface area contributed by atoms with Gasteiger partial charge in [-0.05, 0) is 25.5 Å². The molecule has 0 bridgehead atoms. The number of anilines is 1. The second-order valence-corrected chi connectivity index (χ2v) is 6.67. The molecule has 0 amide bonds. The van der Waals surface area contributed by atoms with Crippen LogP contribution in [0.15, 0.2) is 33.7 Å². The smallest absolute Gasteiger partial charge is 0.341 e. The van der Waals surface area contributed by atoms with Gasteiger partial charge in [-0.25, -0.2) is 9.18 Å². The summed E-state index contributed by atoms with van der Waals surface area (Å²) < 4.78 is 21.4. The van der Waals surface area contributed by atoms with Gasteiger partial charge in [0.2, 0.25) is 11.3 Å². The van der Waals surface area contributed by atoms with Crippen LogP contribution in [0.1, 0.15) is 22.5 Å². The first kappa shape index (κ1) is 19.8. The molecule has 4 rings (SSSR count). The van der Waals surface area contributed by atoms with Crippen LogP contribution in [0.5, 0.6) is 0 Å². The van der Waals surface area contributed by atoms with E-state index in [1.165, 1.54) is 16.8 Å². The van der Waals surface area contributed by atoms with Crippen molar-refractivity contribution in [1.82, 2.24) is 9.72 Å². The van der Waals surface area contributed by atoms with Crippen molar-refractivity contribution in [3.63, 3.8) is 0 Å². The Morgan fingerprint density at radius 2 is 2.14 bits per heavy atom. The lowest BCUT2D eigenvalue weighted by molar-refractivity contribution is 0.0695. The van der Waals surface area contributed by atoms with E-state index in [4.69, 9.17) is 10.3 Å². The predicted octanol–water partition coefficient (Wildman–Crippen LogP) is 2.08. The second kappa shape index (κ2) is 7.25. The monoisotopic (exact) mass is 408 g/mol. The van der Waals surface area contributed by atoms with Crippen LogP contribution < -0.4 is 16.1 Å². The number of fused-ring (bicyclic) bond motifs is 1. The number of pyridine rings is 1. The Labute approximate surface area is 164 Å². The van der Waals surface area contributed by atoms with Gasteiger partial charge in [0.05, 0.1) is 22.3 Å². The van der Waals surface area contributed by atoms with E-state index >= 15 is 0 Å². The number of carboxylic acids is 1. The summed E-state index contributed by atoms with van der Waals surface area (Å²) >= 11 is 0. The largest absolute Gasteiger partial charge is 0.477 e. The van der Waals surface area contributed by atoms with Crippen molar-refractivity contribution in [2.24, 2.45) is 5.73 Å². The lowest BCUT2D eigenvalue weighted by Crippen LogP contribution is -2.27. The quantitative estimate of drug-likeness (QED) is 0.681. The maximum atomic E-state index is 14.7. The van der Waals surface area contributed by atoms with E-state index in [9.17, 15) is 19.1 Å². The number of hydrogen-bond acceptors (Lipinski definition) is 6. The van der Waals surface area contributed by atoms with Gasteiger partial charge < -0.3 is 20.3 Å². The Kier molecular flexibility index (Phi) is 5.14. The molecule has 1 unspecified atom stereocenters. The number of carboxylic acid groups (broad SMARTS) is 1. The summed E-state index contributed by atoms with van der Waals surface area (Å²) in [5, 5.41) is 13.1. The summed E-state index contributed by atoms with van der Waals surface area (Å²) in [5.74, 6) is -1.77. The number of benzene rings is 1. The molecule has 1 aromatic carbocycles. The summed E-state index contributed by atoms with van der Waals surface area (Å²) in [5.41, 5.74) is 5.91. The molecule has 8 nitrogen and oxygen atoms in total. The highest BCUT2D eigenvalue weighted by Gasteiger charge is 2.24. The topological polar surface area (TPSA) is 115 Å². The van der Waals surface area contributed by atoms with Crippen LogP contribution in [0, 0.1) is 12.7 Å². The maximum absolute atomic E-state index is 14.7. The average molecular weight is 409 g/mol. The van der Waals surface area contributed by atoms with E-state index in [-0.39, 0.29) is 29.7 Å². The van der Waals surface area contributed by atoms with Gasteiger partial charge in [0.25, 0.3) is 0 Å². The molecule has 1 aliphatic rings. The number of aryl methyl sites for hydroxylation is 1. The summed E-state index contributed by atoms with van der Waals surface area (Å²) in [6.45, 7) is 2.82. The lowest BCUT2D eigenvalue weighted by Gasteiger charge is -2.20. The van der Waals surface area contributed by atoms with E-state index in [1.807, 2.05) is 4.90 Å².